The van der Waals surface area contributed by atoms with Crippen molar-refractivity contribution in [2.24, 2.45) is 0 Å². The lowest BCUT2D eigenvalue weighted by Crippen LogP contribution is -2.02. The molecule has 0 spiro atoms. The van der Waals surface area contributed by atoms with Crippen LogP contribution in [0.2, 0.25) is 0 Å². The summed E-state index contributed by atoms with van der Waals surface area (Å²) >= 11 is 0. The van der Waals surface area contributed by atoms with Gasteiger partial charge in [0.2, 0.25) is 11.1 Å². The highest BCUT2D eigenvalue weighted by molar-refractivity contribution is 5.83. The lowest BCUT2D eigenvalue weighted by atomic mass is 10.2. The summed E-state index contributed by atoms with van der Waals surface area (Å²) in [5.74, 6) is 0. The number of hydrogen-bond donors (Lipinski definition) is 0. The van der Waals surface area contributed by atoms with Crippen LogP contribution in [0.15, 0.2) is 41.3 Å². The van der Waals surface area contributed by atoms with Gasteiger partial charge in [-0.15, -0.1) is 5.10 Å². The number of hydrogen-bond acceptors (Lipinski definition) is 4. The van der Waals surface area contributed by atoms with Gasteiger partial charge in [0.1, 0.15) is 0 Å². The molecule has 0 fully saturated rings. The first-order chi connectivity index (χ1) is 8.81. The Bertz CT molecular complexity index is 780. The predicted octanol–water partition coefficient (Wildman–Crippen LogP) is 1.64. The highest BCUT2D eigenvalue weighted by Gasteiger charge is 2.09. The van der Waals surface area contributed by atoms with Crippen LogP contribution in [0, 0.1) is 0 Å². The van der Waals surface area contributed by atoms with Gasteiger partial charge in [-0.25, -0.2) is 4.40 Å². The van der Waals surface area contributed by atoms with Gasteiger partial charge >= 0.3 is 6.01 Å². The Morgan fingerprint density at radius 2 is 2.06 bits per heavy atom. The first-order valence-corrected chi connectivity index (χ1v) is 5.71. The molecule has 0 amide bonds. The van der Waals surface area contributed by atoms with E-state index in [1.165, 1.54) is 0 Å². The molecule has 0 bridgehead atoms. The molecule has 0 aliphatic rings. The van der Waals surface area contributed by atoms with Crippen molar-refractivity contribution in [2.75, 3.05) is 6.61 Å². The molecule has 1 aromatic carbocycles. The van der Waals surface area contributed by atoms with Crippen molar-refractivity contribution in [3.8, 4) is 6.01 Å². The van der Waals surface area contributed by atoms with E-state index in [1.54, 1.807) is 16.7 Å². The van der Waals surface area contributed by atoms with E-state index in [0.717, 1.165) is 5.39 Å². The third kappa shape index (κ3) is 1.52. The minimum absolute atomic E-state index is 0.144. The summed E-state index contributed by atoms with van der Waals surface area (Å²) in [5, 5.41) is 9.27. The van der Waals surface area contributed by atoms with Gasteiger partial charge in [-0.2, -0.15) is 0 Å². The molecule has 0 atom stereocenters. The molecule has 0 saturated carbocycles. The van der Waals surface area contributed by atoms with Gasteiger partial charge in [0, 0.05) is 11.6 Å². The lowest BCUT2D eigenvalue weighted by Gasteiger charge is -1.96. The minimum atomic E-state index is -0.144. The van der Waals surface area contributed by atoms with E-state index in [0.29, 0.717) is 18.0 Å². The molecular weight excluding hydrogens is 230 g/mol. The third-order valence-corrected chi connectivity index (χ3v) is 2.75. The second kappa shape index (κ2) is 4.10. The molecule has 3 rings (SSSR count). The standard InChI is InChI=1S/C13H11N3O2/c1-2-18-13-15-14-12-11(17)10-6-4-3-5-9(10)7-8-16(12)13/h3-8H,2H2,1H3. The van der Waals surface area contributed by atoms with Crippen LogP contribution < -0.4 is 10.2 Å². The van der Waals surface area contributed by atoms with Crippen LogP contribution in [0.5, 0.6) is 6.01 Å². The van der Waals surface area contributed by atoms with Gasteiger partial charge in [-0.05, 0) is 18.4 Å². The monoisotopic (exact) mass is 241 g/mol. The summed E-state index contributed by atoms with van der Waals surface area (Å²) in [6.07, 6.45) is 1.75. The van der Waals surface area contributed by atoms with Gasteiger partial charge in [-0.1, -0.05) is 29.4 Å². The zero-order valence-electron chi connectivity index (χ0n) is 9.83. The van der Waals surface area contributed by atoms with Crippen LogP contribution >= 0.6 is 0 Å². The Hall–Kier alpha value is -2.43. The summed E-state index contributed by atoms with van der Waals surface area (Å²) in [5.41, 5.74) is 0.133. The second-order valence-corrected chi connectivity index (χ2v) is 3.84. The average molecular weight is 241 g/mol. The Balaban J connectivity index is 2.47. The van der Waals surface area contributed by atoms with E-state index in [2.05, 4.69) is 10.2 Å². The molecule has 5 heteroatoms. The van der Waals surface area contributed by atoms with E-state index in [1.807, 2.05) is 31.2 Å². The predicted molar refractivity (Wildman–Crippen MR) is 67.9 cm³/mol. The molecule has 0 unspecified atom stereocenters. The van der Waals surface area contributed by atoms with Crippen LogP contribution in [0.25, 0.3) is 16.4 Å². The molecule has 2 heterocycles. The van der Waals surface area contributed by atoms with Crippen molar-refractivity contribution >= 4 is 16.4 Å². The number of ether oxygens (including phenoxy) is 1. The molecule has 18 heavy (non-hydrogen) atoms. The van der Waals surface area contributed by atoms with Crippen LogP contribution in [-0.2, 0) is 0 Å². The maximum atomic E-state index is 12.3. The quantitative estimate of drug-likeness (QED) is 0.684. The zero-order chi connectivity index (χ0) is 12.5. The number of fused-ring (bicyclic) bond motifs is 2. The first kappa shape index (κ1) is 10.7. The Kier molecular flexibility index (Phi) is 2.44. The van der Waals surface area contributed by atoms with Gasteiger partial charge < -0.3 is 4.74 Å². The molecule has 3 aromatic rings. The number of nitrogens with zero attached hydrogens (tertiary/aromatic N) is 3. The van der Waals surface area contributed by atoms with E-state index in [4.69, 9.17) is 4.74 Å². The third-order valence-electron chi connectivity index (χ3n) is 2.75. The number of benzene rings is 1. The maximum Gasteiger partial charge on any atom is 0.321 e. The van der Waals surface area contributed by atoms with Gasteiger partial charge in [-0.3, -0.25) is 4.79 Å². The number of rotatable bonds is 2. The Labute approximate surface area is 103 Å². The molecule has 0 N–H and O–H groups in total. The summed E-state index contributed by atoms with van der Waals surface area (Å²) in [4.78, 5) is 12.3. The fourth-order valence-electron chi connectivity index (χ4n) is 1.92. The Morgan fingerprint density at radius 3 is 2.89 bits per heavy atom. The van der Waals surface area contributed by atoms with E-state index < -0.39 is 0 Å². The lowest BCUT2D eigenvalue weighted by molar-refractivity contribution is 0.309. The van der Waals surface area contributed by atoms with E-state index in [9.17, 15) is 4.79 Å². The minimum Gasteiger partial charge on any atom is -0.464 e. The van der Waals surface area contributed by atoms with Crippen molar-refractivity contribution < 1.29 is 4.74 Å². The summed E-state index contributed by atoms with van der Waals surface area (Å²) < 4.78 is 6.91. The SMILES string of the molecule is CCOc1nnc2c(=O)c3ccccc3ccn12. The maximum absolute atomic E-state index is 12.3. The van der Waals surface area contributed by atoms with Crippen molar-refractivity contribution in [3.05, 3.63) is 46.8 Å². The van der Waals surface area contributed by atoms with E-state index >= 15 is 0 Å². The number of aromatic nitrogens is 3. The molecule has 0 aliphatic carbocycles. The molecule has 0 radical (unpaired) electrons. The fourth-order valence-corrected chi connectivity index (χ4v) is 1.92. The molecule has 2 aromatic heterocycles. The highest BCUT2D eigenvalue weighted by atomic mass is 16.5. The average Bonchev–Trinajstić information content (AvgIpc) is 2.73. The molecule has 5 nitrogen and oxygen atoms in total. The van der Waals surface area contributed by atoms with Crippen LogP contribution in [0.1, 0.15) is 6.92 Å². The molecule has 0 aliphatic heterocycles. The van der Waals surface area contributed by atoms with Crippen molar-refractivity contribution in [3.63, 3.8) is 0 Å². The van der Waals surface area contributed by atoms with Gasteiger partial charge in [0.05, 0.1) is 6.61 Å². The Morgan fingerprint density at radius 1 is 1.22 bits per heavy atom. The van der Waals surface area contributed by atoms with Crippen molar-refractivity contribution in [1.29, 1.82) is 0 Å². The van der Waals surface area contributed by atoms with Crippen molar-refractivity contribution in [1.82, 2.24) is 14.6 Å². The molecule has 0 saturated heterocycles. The van der Waals surface area contributed by atoms with Gasteiger partial charge in [0.25, 0.3) is 0 Å². The normalized spacial score (nSPS) is 10.9. The second-order valence-electron chi connectivity index (χ2n) is 3.84. The summed E-state index contributed by atoms with van der Waals surface area (Å²) in [7, 11) is 0. The largest absolute Gasteiger partial charge is 0.464 e. The first-order valence-electron chi connectivity index (χ1n) is 5.71. The summed E-state index contributed by atoms with van der Waals surface area (Å²) in [6.45, 7) is 2.34. The summed E-state index contributed by atoms with van der Waals surface area (Å²) in [6, 6.07) is 9.60. The van der Waals surface area contributed by atoms with Gasteiger partial charge in [0.15, 0.2) is 0 Å². The van der Waals surface area contributed by atoms with E-state index in [-0.39, 0.29) is 11.1 Å². The van der Waals surface area contributed by atoms with Crippen molar-refractivity contribution in [2.45, 2.75) is 6.92 Å². The smallest absolute Gasteiger partial charge is 0.321 e. The van der Waals surface area contributed by atoms with Crippen LogP contribution in [-0.4, -0.2) is 21.2 Å². The molecule has 90 valence electrons. The zero-order valence-corrected chi connectivity index (χ0v) is 9.83. The van der Waals surface area contributed by atoms with Crippen LogP contribution in [0.3, 0.4) is 0 Å². The topological polar surface area (TPSA) is 56.5 Å². The highest BCUT2D eigenvalue weighted by Crippen LogP contribution is 2.12. The fraction of sp³-hybridized carbons (Fsp3) is 0.154. The van der Waals surface area contributed by atoms with Crippen LogP contribution in [0.4, 0.5) is 0 Å². The molecular formula is C13H11N3O2.